The summed E-state index contributed by atoms with van der Waals surface area (Å²) in [6.07, 6.45) is 1.04. The van der Waals surface area contributed by atoms with Gasteiger partial charge in [-0.25, -0.2) is 0 Å². The summed E-state index contributed by atoms with van der Waals surface area (Å²) >= 11 is 0. The Kier molecular flexibility index (Phi) is 9.31. The largest absolute Gasteiger partial charge is 0.357 e. The average molecular weight is 304 g/mol. The molecule has 0 saturated heterocycles. The van der Waals surface area contributed by atoms with Gasteiger partial charge in [0.25, 0.3) is 0 Å². The van der Waals surface area contributed by atoms with Crippen molar-refractivity contribution in [3.63, 3.8) is 0 Å². The van der Waals surface area contributed by atoms with Gasteiger partial charge < -0.3 is 10.6 Å². The van der Waals surface area contributed by atoms with Gasteiger partial charge in [-0.15, -0.1) is 0 Å². The van der Waals surface area contributed by atoms with E-state index >= 15 is 0 Å². The van der Waals surface area contributed by atoms with Crippen molar-refractivity contribution >= 4 is 5.96 Å². The molecule has 1 aromatic carbocycles. The van der Waals surface area contributed by atoms with Crippen LogP contribution in [0.15, 0.2) is 35.3 Å². The number of rotatable bonds is 9. The van der Waals surface area contributed by atoms with Gasteiger partial charge in [-0.1, -0.05) is 44.2 Å². The molecule has 0 fully saturated rings. The van der Waals surface area contributed by atoms with Gasteiger partial charge in [0.2, 0.25) is 0 Å². The van der Waals surface area contributed by atoms with Crippen molar-refractivity contribution in [2.45, 2.75) is 40.2 Å². The SMILES string of the molecule is CCNC(=NCC(Cc1ccccc1)N(CC)CC)NCC. The lowest BCUT2D eigenvalue weighted by molar-refractivity contribution is 0.220. The van der Waals surface area contributed by atoms with Gasteiger partial charge in [-0.3, -0.25) is 9.89 Å². The van der Waals surface area contributed by atoms with Crippen LogP contribution in [0.25, 0.3) is 0 Å². The Bertz CT molecular complexity index is 404. The monoisotopic (exact) mass is 304 g/mol. The van der Waals surface area contributed by atoms with Crippen LogP contribution in [-0.2, 0) is 6.42 Å². The molecule has 0 aliphatic heterocycles. The van der Waals surface area contributed by atoms with Crippen LogP contribution in [0.2, 0.25) is 0 Å². The number of likely N-dealkylation sites (N-methyl/N-ethyl adjacent to an activating group) is 1. The molecule has 0 aromatic heterocycles. The predicted molar refractivity (Wildman–Crippen MR) is 96.5 cm³/mol. The van der Waals surface area contributed by atoms with Crippen LogP contribution in [0.1, 0.15) is 33.3 Å². The molecular formula is C18H32N4. The third-order valence-electron chi connectivity index (χ3n) is 3.79. The average Bonchev–Trinajstić information content (AvgIpc) is 2.54. The molecule has 0 radical (unpaired) electrons. The zero-order valence-electron chi connectivity index (χ0n) is 14.6. The van der Waals surface area contributed by atoms with E-state index in [-0.39, 0.29) is 0 Å². The fourth-order valence-electron chi connectivity index (χ4n) is 2.64. The molecule has 0 saturated carbocycles. The van der Waals surface area contributed by atoms with Gasteiger partial charge in [0.1, 0.15) is 0 Å². The molecule has 1 unspecified atom stereocenters. The molecule has 1 atom stereocenters. The zero-order valence-corrected chi connectivity index (χ0v) is 14.6. The van der Waals surface area contributed by atoms with Crippen molar-refractivity contribution in [1.29, 1.82) is 0 Å². The molecule has 0 heterocycles. The molecule has 0 spiro atoms. The van der Waals surface area contributed by atoms with Crippen molar-refractivity contribution < 1.29 is 0 Å². The lowest BCUT2D eigenvalue weighted by Crippen LogP contribution is -2.42. The third-order valence-corrected chi connectivity index (χ3v) is 3.79. The molecule has 1 aromatic rings. The molecule has 124 valence electrons. The van der Waals surface area contributed by atoms with E-state index in [9.17, 15) is 0 Å². The Morgan fingerprint density at radius 3 is 2.09 bits per heavy atom. The van der Waals surface area contributed by atoms with E-state index < -0.39 is 0 Å². The van der Waals surface area contributed by atoms with Crippen molar-refractivity contribution in [1.82, 2.24) is 15.5 Å². The van der Waals surface area contributed by atoms with Crippen molar-refractivity contribution in [2.24, 2.45) is 4.99 Å². The van der Waals surface area contributed by atoms with E-state index in [1.54, 1.807) is 0 Å². The van der Waals surface area contributed by atoms with Crippen LogP contribution in [0.5, 0.6) is 0 Å². The predicted octanol–water partition coefficient (Wildman–Crippen LogP) is 2.51. The smallest absolute Gasteiger partial charge is 0.191 e. The maximum Gasteiger partial charge on any atom is 0.191 e. The summed E-state index contributed by atoms with van der Waals surface area (Å²) < 4.78 is 0. The lowest BCUT2D eigenvalue weighted by atomic mass is 10.0. The third kappa shape index (κ3) is 6.48. The molecule has 1 rings (SSSR count). The number of benzene rings is 1. The van der Waals surface area contributed by atoms with E-state index in [1.165, 1.54) is 5.56 Å². The summed E-state index contributed by atoms with van der Waals surface area (Å²) in [6, 6.07) is 11.1. The maximum atomic E-state index is 4.77. The van der Waals surface area contributed by atoms with Crippen LogP contribution in [0.4, 0.5) is 0 Å². The van der Waals surface area contributed by atoms with Crippen molar-refractivity contribution in [2.75, 3.05) is 32.7 Å². The number of nitrogens with one attached hydrogen (secondary N) is 2. The molecule has 0 bridgehead atoms. The summed E-state index contributed by atoms with van der Waals surface area (Å²) in [7, 11) is 0. The van der Waals surface area contributed by atoms with E-state index in [2.05, 4.69) is 73.6 Å². The van der Waals surface area contributed by atoms with Crippen LogP contribution in [0.3, 0.4) is 0 Å². The minimum atomic E-state index is 0.435. The molecule has 0 aliphatic rings. The minimum absolute atomic E-state index is 0.435. The van der Waals surface area contributed by atoms with E-state index in [1.807, 2.05) is 0 Å². The summed E-state index contributed by atoms with van der Waals surface area (Å²) in [5, 5.41) is 6.60. The summed E-state index contributed by atoms with van der Waals surface area (Å²) in [4.78, 5) is 7.26. The first-order valence-corrected chi connectivity index (χ1v) is 8.55. The van der Waals surface area contributed by atoms with Crippen LogP contribution in [0, 0.1) is 0 Å². The standard InChI is InChI=1S/C18H32N4/c1-5-19-18(20-6-2)21-15-17(22(7-3)8-4)14-16-12-10-9-11-13-16/h9-13,17H,5-8,14-15H2,1-4H3,(H2,19,20,21). The fraction of sp³-hybridized carbons (Fsp3) is 0.611. The summed E-state index contributed by atoms with van der Waals surface area (Å²) in [5.41, 5.74) is 1.38. The summed E-state index contributed by atoms with van der Waals surface area (Å²) in [5.74, 6) is 0.912. The Labute approximate surface area is 136 Å². The molecule has 0 amide bonds. The Morgan fingerprint density at radius 1 is 1.00 bits per heavy atom. The molecule has 2 N–H and O–H groups in total. The second-order valence-corrected chi connectivity index (χ2v) is 5.31. The number of nitrogens with zero attached hydrogens (tertiary/aromatic N) is 2. The minimum Gasteiger partial charge on any atom is -0.357 e. The van der Waals surface area contributed by atoms with E-state index in [0.717, 1.165) is 45.1 Å². The maximum absolute atomic E-state index is 4.77. The Hall–Kier alpha value is -1.55. The Balaban J connectivity index is 2.78. The van der Waals surface area contributed by atoms with Gasteiger partial charge in [0.15, 0.2) is 5.96 Å². The second kappa shape index (κ2) is 11.1. The van der Waals surface area contributed by atoms with Gasteiger partial charge in [0.05, 0.1) is 6.54 Å². The fourth-order valence-corrected chi connectivity index (χ4v) is 2.64. The molecule has 4 heteroatoms. The van der Waals surface area contributed by atoms with Crippen molar-refractivity contribution in [3.8, 4) is 0 Å². The lowest BCUT2D eigenvalue weighted by Gasteiger charge is -2.29. The van der Waals surface area contributed by atoms with E-state index in [4.69, 9.17) is 4.99 Å². The highest BCUT2D eigenvalue weighted by Crippen LogP contribution is 2.09. The normalized spacial score (nSPS) is 12.0. The van der Waals surface area contributed by atoms with E-state index in [0.29, 0.717) is 6.04 Å². The Morgan fingerprint density at radius 2 is 1.59 bits per heavy atom. The second-order valence-electron chi connectivity index (χ2n) is 5.31. The molecule has 0 aliphatic carbocycles. The number of hydrogen-bond donors (Lipinski definition) is 2. The van der Waals surface area contributed by atoms with Crippen LogP contribution >= 0.6 is 0 Å². The molecule has 4 nitrogen and oxygen atoms in total. The molecular weight excluding hydrogens is 272 g/mol. The van der Waals surface area contributed by atoms with Gasteiger partial charge in [0, 0.05) is 19.1 Å². The highest BCUT2D eigenvalue weighted by atomic mass is 15.2. The number of aliphatic imine (C=N–C) groups is 1. The van der Waals surface area contributed by atoms with Gasteiger partial charge >= 0.3 is 0 Å². The van der Waals surface area contributed by atoms with Gasteiger partial charge in [-0.05, 0) is 38.9 Å². The van der Waals surface area contributed by atoms with Gasteiger partial charge in [-0.2, -0.15) is 0 Å². The first kappa shape index (κ1) is 18.5. The first-order valence-electron chi connectivity index (χ1n) is 8.55. The molecule has 22 heavy (non-hydrogen) atoms. The topological polar surface area (TPSA) is 39.7 Å². The first-order chi connectivity index (χ1) is 10.7. The highest BCUT2D eigenvalue weighted by Gasteiger charge is 2.16. The highest BCUT2D eigenvalue weighted by molar-refractivity contribution is 5.79. The van der Waals surface area contributed by atoms with Crippen LogP contribution in [-0.4, -0.2) is 49.6 Å². The number of hydrogen-bond acceptors (Lipinski definition) is 2. The van der Waals surface area contributed by atoms with Crippen LogP contribution < -0.4 is 10.6 Å². The van der Waals surface area contributed by atoms with Crippen molar-refractivity contribution in [3.05, 3.63) is 35.9 Å². The number of guanidine groups is 1. The summed E-state index contributed by atoms with van der Waals surface area (Å²) in [6.45, 7) is 13.3. The zero-order chi connectivity index (χ0) is 16.2. The quantitative estimate of drug-likeness (QED) is 0.544.